The molecule has 0 aromatic carbocycles. The van der Waals surface area contributed by atoms with Crippen molar-refractivity contribution in [1.82, 2.24) is 15.0 Å². The van der Waals surface area contributed by atoms with Gasteiger partial charge in [-0.05, 0) is 19.1 Å². The Bertz CT molecular complexity index is 539. The summed E-state index contributed by atoms with van der Waals surface area (Å²) in [5.41, 5.74) is 0.972. The molecule has 0 aliphatic rings. The third kappa shape index (κ3) is 4.06. The lowest BCUT2D eigenvalue weighted by Crippen LogP contribution is -2.07. The molecule has 0 atom stereocenters. The lowest BCUT2D eigenvalue weighted by atomic mass is 10.3. The van der Waals surface area contributed by atoms with Crippen LogP contribution in [0.1, 0.15) is 11.5 Å². The van der Waals surface area contributed by atoms with Crippen LogP contribution in [0.3, 0.4) is 0 Å². The van der Waals surface area contributed by atoms with E-state index in [1.165, 1.54) is 0 Å². The van der Waals surface area contributed by atoms with Crippen LogP contribution in [0.25, 0.3) is 0 Å². The number of hydrogen-bond acceptors (Lipinski definition) is 5. The van der Waals surface area contributed by atoms with Gasteiger partial charge in [0.1, 0.15) is 17.5 Å². The molecule has 5 nitrogen and oxygen atoms in total. The summed E-state index contributed by atoms with van der Waals surface area (Å²) in [6.07, 6.45) is 3.57. The van der Waals surface area contributed by atoms with Crippen molar-refractivity contribution in [3.05, 3.63) is 54.6 Å². The number of aryl methyl sites for hydroxylation is 1. The van der Waals surface area contributed by atoms with Crippen molar-refractivity contribution in [3.8, 4) is 0 Å². The zero-order chi connectivity index (χ0) is 13.5. The van der Waals surface area contributed by atoms with E-state index in [9.17, 15) is 0 Å². The van der Waals surface area contributed by atoms with Crippen molar-refractivity contribution < 1.29 is 0 Å². The molecule has 0 aliphatic heterocycles. The van der Waals surface area contributed by atoms with Gasteiger partial charge in [-0.3, -0.25) is 4.98 Å². The van der Waals surface area contributed by atoms with Gasteiger partial charge in [-0.15, -0.1) is 6.58 Å². The SMILES string of the molecule is C=CCNc1cc(NCc2ccccn2)nc(C)n1. The molecular weight excluding hydrogens is 238 g/mol. The molecule has 2 N–H and O–H groups in total. The lowest BCUT2D eigenvalue weighted by Gasteiger charge is -2.09. The molecule has 0 saturated heterocycles. The minimum absolute atomic E-state index is 0.637. The van der Waals surface area contributed by atoms with Crippen LogP contribution in [0.15, 0.2) is 43.1 Å². The molecule has 2 rings (SSSR count). The summed E-state index contributed by atoms with van der Waals surface area (Å²) in [7, 11) is 0. The van der Waals surface area contributed by atoms with E-state index in [2.05, 4.69) is 32.2 Å². The molecule has 0 spiro atoms. The molecule has 2 aromatic heterocycles. The molecule has 0 aliphatic carbocycles. The molecule has 5 heteroatoms. The Kier molecular flexibility index (Phi) is 4.44. The van der Waals surface area contributed by atoms with Crippen LogP contribution in [0.2, 0.25) is 0 Å². The topological polar surface area (TPSA) is 62.7 Å². The molecule has 0 fully saturated rings. The first-order chi connectivity index (χ1) is 9.28. The van der Waals surface area contributed by atoms with Crippen LogP contribution >= 0.6 is 0 Å². The van der Waals surface area contributed by atoms with Crippen LogP contribution in [0.4, 0.5) is 11.6 Å². The van der Waals surface area contributed by atoms with Crippen molar-refractivity contribution in [2.75, 3.05) is 17.2 Å². The Balaban J connectivity index is 2.03. The van der Waals surface area contributed by atoms with Gasteiger partial charge in [-0.1, -0.05) is 12.1 Å². The van der Waals surface area contributed by atoms with Gasteiger partial charge in [0, 0.05) is 18.8 Å². The zero-order valence-corrected chi connectivity index (χ0v) is 10.9. The largest absolute Gasteiger partial charge is 0.366 e. The molecule has 0 unspecified atom stereocenters. The smallest absolute Gasteiger partial charge is 0.132 e. The molecule has 2 heterocycles. The lowest BCUT2D eigenvalue weighted by molar-refractivity contribution is 0.992. The molecule has 0 amide bonds. The number of anilines is 2. The summed E-state index contributed by atoms with van der Waals surface area (Å²) in [6.45, 7) is 6.85. The molecule has 0 radical (unpaired) electrons. The summed E-state index contributed by atoms with van der Waals surface area (Å²) in [5, 5.41) is 6.39. The van der Waals surface area contributed by atoms with E-state index >= 15 is 0 Å². The third-order valence-corrected chi connectivity index (χ3v) is 2.44. The number of pyridine rings is 1. The number of aromatic nitrogens is 3. The van der Waals surface area contributed by atoms with Gasteiger partial charge in [0.2, 0.25) is 0 Å². The van der Waals surface area contributed by atoms with Crippen LogP contribution in [-0.2, 0) is 6.54 Å². The predicted molar refractivity (Wildman–Crippen MR) is 77.0 cm³/mol. The van der Waals surface area contributed by atoms with Gasteiger partial charge in [-0.2, -0.15) is 0 Å². The predicted octanol–water partition coefficient (Wildman–Crippen LogP) is 2.39. The van der Waals surface area contributed by atoms with Crippen LogP contribution < -0.4 is 10.6 Å². The Morgan fingerprint density at radius 3 is 2.68 bits per heavy atom. The Labute approximate surface area is 112 Å². The second kappa shape index (κ2) is 6.49. The first kappa shape index (κ1) is 13.0. The molecule has 2 aromatic rings. The minimum atomic E-state index is 0.637. The highest BCUT2D eigenvalue weighted by molar-refractivity contribution is 5.47. The maximum absolute atomic E-state index is 4.34. The highest BCUT2D eigenvalue weighted by Gasteiger charge is 2.01. The van der Waals surface area contributed by atoms with Gasteiger partial charge >= 0.3 is 0 Å². The first-order valence-corrected chi connectivity index (χ1v) is 6.12. The van der Waals surface area contributed by atoms with E-state index in [1.807, 2.05) is 31.2 Å². The summed E-state index contributed by atoms with van der Waals surface area (Å²) in [4.78, 5) is 12.9. The third-order valence-electron chi connectivity index (χ3n) is 2.44. The Morgan fingerprint density at radius 2 is 2.00 bits per heavy atom. The Morgan fingerprint density at radius 1 is 1.21 bits per heavy atom. The van der Waals surface area contributed by atoms with E-state index in [-0.39, 0.29) is 0 Å². The van der Waals surface area contributed by atoms with Crippen molar-refractivity contribution in [2.45, 2.75) is 13.5 Å². The highest BCUT2D eigenvalue weighted by atomic mass is 15.1. The number of nitrogens with one attached hydrogen (secondary N) is 2. The summed E-state index contributed by atoms with van der Waals surface area (Å²) < 4.78 is 0. The molecule has 0 bridgehead atoms. The van der Waals surface area contributed by atoms with Crippen molar-refractivity contribution in [3.63, 3.8) is 0 Å². The molecule has 0 saturated carbocycles. The quantitative estimate of drug-likeness (QED) is 0.776. The maximum atomic E-state index is 4.34. The monoisotopic (exact) mass is 255 g/mol. The summed E-state index contributed by atoms with van der Waals surface area (Å²) >= 11 is 0. The van der Waals surface area contributed by atoms with Gasteiger partial charge in [0.05, 0.1) is 12.2 Å². The molecule has 19 heavy (non-hydrogen) atoms. The van der Waals surface area contributed by atoms with Crippen LogP contribution in [0.5, 0.6) is 0 Å². The second-order valence-electron chi connectivity index (χ2n) is 4.03. The van der Waals surface area contributed by atoms with Crippen molar-refractivity contribution >= 4 is 11.6 Å². The van der Waals surface area contributed by atoms with E-state index in [0.29, 0.717) is 13.1 Å². The van der Waals surface area contributed by atoms with Gasteiger partial charge in [0.25, 0.3) is 0 Å². The van der Waals surface area contributed by atoms with Gasteiger partial charge < -0.3 is 10.6 Å². The van der Waals surface area contributed by atoms with E-state index in [4.69, 9.17) is 0 Å². The van der Waals surface area contributed by atoms with Gasteiger partial charge in [0.15, 0.2) is 0 Å². The average Bonchev–Trinajstić information content (AvgIpc) is 2.43. The number of rotatable bonds is 6. The van der Waals surface area contributed by atoms with E-state index < -0.39 is 0 Å². The maximum Gasteiger partial charge on any atom is 0.132 e. The number of nitrogens with zero attached hydrogens (tertiary/aromatic N) is 3. The second-order valence-corrected chi connectivity index (χ2v) is 4.03. The fraction of sp³-hybridized carbons (Fsp3) is 0.214. The number of hydrogen-bond donors (Lipinski definition) is 2. The van der Waals surface area contributed by atoms with Crippen molar-refractivity contribution in [2.24, 2.45) is 0 Å². The van der Waals surface area contributed by atoms with Crippen molar-refractivity contribution in [1.29, 1.82) is 0 Å². The fourth-order valence-electron chi connectivity index (χ4n) is 1.61. The van der Waals surface area contributed by atoms with Gasteiger partial charge in [-0.25, -0.2) is 9.97 Å². The minimum Gasteiger partial charge on any atom is -0.366 e. The standard InChI is InChI=1S/C14H17N5/c1-3-7-16-13-9-14(19-11(2)18-13)17-10-12-6-4-5-8-15-12/h3-6,8-9H,1,7,10H2,2H3,(H2,16,17,18,19). The Hall–Kier alpha value is -2.43. The summed E-state index contributed by atoms with van der Waals surface area (Å²) in [5.74, 6) is 2.29. The summed E-state index contributed by atoms with van der Waals surface area (Å²) in [6, 6.07) is 7.71. The normalized spacial score (nSPS) is 9.95. The first-order valence-electron chi connectivity index (χ1n) is 6.12. The molecule has 98 valence electrons. The zero-order valence-electron chi connectivity index (χ0n) is 10.9. The highest BCUT2D eigenvalue weighted by Crippen LogP contribution is 2.11. The van der Waals surface area contributed by atoms with Crippen LogP contribution in [0, 0.1) is 6.92 Å². The van der Waals surface area contributed by atoms with E-state index in [1.54, 1.807) is 12.3 Å². The average molecular weight is 255 g/mol. The molecular formula is C14H17N5. The van der Waals surface area contributed by atoms with Crippen LogP contribution in [-0.4, -0.2) is 21.5 Å². The fourth-order valence-corrected chi connectivity index (χ4v) is 1.61. The van der Waals surface area contributed by atoms with E-state index in [0.717, 1.165) is 23.2 Å².